The minimum atomic E-state index is -4.25. The summed E-state index contributed by atoms with van der Waals surface area (Å²) < 4.78 is 59.6. The van der Waals surface area contributed by atoms with Crippen molar-refractivity contribution in [2.45, 2.75) is 35.8 Å². The first-order chi connectivity index (χ1) is 18.9. The van der Waals surface area contributed by atoms with Crippen LogP contribution in [0.3, 0.4) is 0 Å². The molecule has 4 aromatic heterocycles. The fourth-order valence-electron chi connectivity index (χ4n) is 4.21. The third-order valence-corrected chi connectivity index (χ3v) is 10.2. The second-order valence-corrected chi connectivity index (χ2v) is 14.5. The number of aliphatic hydroxyl groups excluding tert-OH is 1. The molecule has 8 atom stereocenters. The lowest BCUT2D eigenvalue weighted by molar-refractivity contribution is -0.0380. The number of imidazole rings is 1. The van der Waals surface area contributed by atoms with Crippen LogP contribution in [0.2, 0.25) is 0 Å². The molecule has 0 aromatic carbocycles. The minimum absolute atomic E-state index is 0.0355. The summed E-state index contributed by atoms with van der Waals surface area (Å²) in [7, 11) is -2.95. The molecular formula is C18H22FN9O7P2S3. The standard InChI is InChI=1S/C18H22FN9O7P2S3/c19-8-10(35-36(31)39)7(34-15(8)27-2-1-6-11(20)22-4-23-12(6)27)3-33-37(32,40)17(30)16(38)28-5-24-9-13(28)25-18(21)26-14(9)29/h1-2,4-5,7-8,10,15-17,30,36,38H,3H2,(H,31,39)(H,32,40)(H2,20,22,23)(H3,21,25,26,29)/t7-,8+,10?,15-,16-,17+,37-/m1/s1. The molecular weight excluding hydrogens is 631 g/mol. The van der Waals surface area contributed by atoms with Crippen molar-refractivity contribution in [1.29, 1.82) is 0 Å². The topological polar surface area (TPSA) is 228 Å². The van der Waals surface area contributed by atoms with Crippen molar-refractivity contribution >= 4 is 84.9 Å². The Balaban J connectivity index is 1.36. The van der Waals surface area contributed by atoms with Gasteiger partial charge in [-0.3, -0.25) is 23.5 Å². The number of anilines is 2. The number of ether oxygens (including phenoxy) is 1. The Morgan fingerprint density at radius 1 is 1.32 bits per heavy atom. The number of thiol groups is 3. The summed E-state index contributed by atoms with van der Waals surface area (Å²) in [5.41, 5.74) is 11.0. The van der Waals surface area contributed by atoms with Crippen LogP contribution in [0.5, 0.6) is 0 Å². The molecule has 0 aliphatic carbocycles. The third-order valence-electron chi connectivity index (χ3n) is 6.08. The predicted octanol–water partition coefficient (Wildman–Crippen LogP) is 1.56. The fourth-order valence-corrected chi connectivity index (χ4v) is 7.67. The van der Waals surface area contributed by atoms with E-state index in [2.05, 4.69) is 62.0 Å². The number of halogens is 1. The Bertz CT molecular complexity index is 1710. The first-order valence-electron chi connectivity index (χ1n) is 11.2. The number of fused-ring (bicyclic) bond motifs is 2. The number of nitrogens with zero attached hydrogens (tertiary/aromatic N) is 6. The van der Waals surface area contributed by atoms with Crippen LogP contribution in [0, 0.1) is 0 Å². The van der Waals surface area contributed by atoms with Crippen LogP contribution in [0.1, 0.15) is 11.6 Å². The molecule has 5 heterocycles. The lowest BCUT2D eigenvalue weighted by Crippen LogP contribution is -2.33. The van der Waals surface area contributed by atoms with Crippen LogP contribution in [-0.4, -0.2) is 70.0 Å². The number of nitrogens with one attached hydrogen (secondary N) is 1. The van der Waals surface area contributed by atoms with Gasteiger partial charge in [0.25, 0.3) is 12.1 Å². The Labute approximate surface area is 240 Å². The lowest BCUT2D eigenvalue weighted by Gasteiger charge is -2.26. The molecule has 0 spiro atoms. The Hall–Kier alpha value is -2.15. The molecule has 0 amide bonds. The van der Waals surface area contributed by atoms with Crippen molar-refractivity contribution in [3.63, 3.8) is 0 Å². The van der Waals surface area contributed by atoms with Crippen LogP contribution >= 0.6 is 50.9 Å². The van der Waals surface area contributed by atoms with Crippen LogP contribution in [0.15, 0.2) is 29.7 Å². The lowest BCUT2D eigenvalue weighted by atomic mass is 10.1. The molecule has 1 aliphatic rings. The predicted molar refractivity (Wildman–Crippen MR) is 153 cm³/mol. The molecule has 4 aromatic rings. The van der Waals surface area contributed by atoms with Crippen molar-refractivity contribution in [2.24, 2.45) is 0 Å². The van der Waals surface area contributed by atoms with E-state index < -0.39 is 61.8 Å². The molecule has 5 rings (SSSR count). The van der Waals surface area contributed by atoms with E-state index in [0.29, 0.717) is 5.39 Å². The van der Waals surface area contributed by atoms with Gasteiger partial charge in [0, 0.05) is 6.20 Å². The van der Waals surface area contributed by atoms with Gasteiger partial charge in [-0.05, 0) is 6.07 Å². The van der Waals surface area contributed by atoms with Gasteiger partial charge in [0.15, 0.2) is 29.4 Å². The number of aliphatic hydroxyl groups is 1. The molecule has 22 heteroatoms. The summed E-state index contributed by atoms with van der Waals surface area (Å²) >= 11 is 12.0. The Morgan fingerprint density at radius 3 is 2.80 bits per heavy atom. The van der Waals surface area contributed by atoms with E-state index >= 15 is 4.39 Å². The molecule has 40 heavy (non-hydrogen) atoms. The average Bonchev–Trinajstić information content (AvgIpc) is 3.59. The van der Waals surface area contributed by atoms with Crippen molar-refractivity contribution < 1.29 is 32.4 Å². The Kier molecular flexibility index (Phi) is 8.26. The van der Waals surface area contributed by atoms with E-state index in [1.165, 1.54) is 17.1 Å². The van der Waals surface area contributed by atoms with Crippen molar-refractivity contribution in [2.75, 3.05) is 18.1 Å². The van der Waals surface area contributed by atoms with E-state index in [0.717, 1.165) is 10.9 Å². The van der Waals surface area contributed by atoms with Gasteiger partial charge < -0.3 is 34.9 Å². The van der Waals surface area contributed by atoms with E-state index in [1.807, 2.05) is 0 Å². The van der Waals surface area contributed by atoms with Crippen molar-refractivity contribution in [3.8, 4) is 0 Å². The van der Waals surface area contributed by atoms with Crippen molar-refractivity contribution in [3.05, 3.63) is 35.3 Å². The fraction of sp³-hybridized carbons (Fsp3) is 0.389. The first-order valence-corrected chi connectivity index (χ1v) is 17.2. The molecule has 0 bridgehead atoms. The Morgan fingerprint density at radius 2 is 2.08 bits per heavy atom. The van der Waals surface area contributed by atoms with E-state index in [-0.39, 0.29) is 28.6 Å². The average molecular weight is 654 g/mol. The van der Waals surface area contributed by atoms with Gasteiger partial charge in [-0.1, -0.05) is 24.5 Å². The molecule has 1 aliphatic heterocycles. The normalized spacial score (nSPS) is 25.2. The number of hydrogen-bond donors (Lipinski definition) is 7. The zero-order valence-corrected chi connectivity index (χ0v) is 24.5. The van der Waals surface area contributed by atoms with Crippen LogP contribution in [0.25, 0.3) is 22.2 Å². The van der Waals surface area contributed by atoms with Gasteiger partial charge in [0.05, 0.1) is 18.3 Å². The van der Waals surface area contributed by atoms with E-state index in [9.17, 15) is 19.0 Å². The third kappa shape index (κ3) is 5.39. The summed E-state index contributed by atoms with van der Waals surface area (Å²) in [5.74, 6) is -1.93. The molecule has 2 unspecified atom stereocenters. The highest BCUT2D eigenvalue weighted by molar-refractivity contribution is 8.46. The first kappa shape index (κ1) is 29.3. The van der Waals surface area contributed by atoms with Gasteiger partial charge in [-0.25, -0.2) is 19.3 Å². The molecule has 0 saturated carbocycles. The number of hydrogen-bond acceptors (Lipinski definition) is 14. The van der Waals surface area contributed by atoms with Crippen LogP contribution in [0.4, 0.5) is 16.2 Å². The molecule has 6 N–H and O–H groups in total. The minimum Gasteiger partial charge on any atom is -0.383 e. The number of aromatic amines is 1. The van der Waals surface area contributed by atoms with Gasteiger partial charge in [-0.15, -0.1) is 0 Å². The van der Waals surface area contributed by atoms with Gasteiger partial charge in [0.1, 0.15) is 35.4 Å². The maximum atomic E-state index is 15.6. The molecule has 216 valence electrons. The van der Waals surface area contributed by atoms with Gasteiger partial charge >= 0.3 is 0 Å². The summed E-state index contributed by atoms with van der Waals surface area (Å²) in [6.45, 7) is -4.85. The summed E-state index contributed by atoms with van der Waals surface area (Å²) in [4.78, 5) is 30.2. The highest BCUT2D eigenvalue weighted by Gasteiger charge is 2.49. The SMILES string of the molecule is Nc1nc2c(ncn2[C@H](S)[C@@H](O)[P@](=O)(S)OC[C@H]2O[C@@H](n3ccc4c(N)ncnc43)[C@@H](F)C2O[PH](=O)S)c(=O)[nH]1. The van der Waals surface area contributed by atoms with Crippen LogP contribution in [-0.2, 0) is 22.9 Å². The largest absolute Gasteiger partial charge is 0.383 e. The molecule has 16 nitrogen and oxygen atoms in total. The molecule has 0 radical (unpaired) electrons. The summed E-state index contributed by atoms with van der Waals surface area (Å²) in [5, 5.41) is 9.97. The van der Waals surface area contributed by atoms with Gasteiger partial charge in [-0.2, -0.15) is 17.6 Å². The molecule has 1 fully saturated rings. The number of nitrogens with two attached hydrogens (primary N) is 2. The highest BCUT2D eigenvalue weighted by Crippen LogP contribution is 2.59. The van der Waals surface area contributed by atoms with Gasteiger partial charge in [0.2, 0.25) is 13.2 Å². The summed E-state index contributed by atoms with van der Waals surface area (Å²) in [6, 6.07) is 1.57. The maximum absolute atomic E-state index is 15.6. The van der Waals surface area contributed by atoms with Crippen LogP contribution < -0.4 is 17.0 Å². The number of rotatable bonds is 9. The van der Waals surface area contributed by atoms with E-state index in [1.54, 1.807) is 6.07 Å². The summed E-state index contributed by atoms with van der Waals surface area (Å²) in [6.07, 6.45) is -2.11. The highest BCUT2D eigenvalue weighted by atomic mass is 32.7. The zero-order chi connectivity index (χ0) is 28.9. The smallest absolute Gasteiger partial charge is 0.285 e. The van der Waals surface area contributed by atoms with E-state index in [4.69, 9.17) is 25.3 Å². The van der Waals surface area contributed by atoms with Crippen molar-refractivity contribution in [1.82, 2.24) is 34.1 Å². The quantitative estimate of drug-likeness (QED) is 0.101. The monoisotopic (exact) mass is 653 g/mol. The number of H-pyrrole nitrogens is 1. The second kappa shape index (κ2) is 11.3. The second-order valence-electron chi connectivity index (χ2n) is 8.54. The number of nitrogen functional groups attached to an aromatic ring is 2. The maximum Gasteiger partial charge on any atom is 0.285 e. The zero-order valence-electron chi connectivity index (χ0n) is 19.9. The number of aromatic nitrogens is 7. The number of alkyl halides is 1. The molecule has 1 saturated heterocycles.